The highest BCUT2D eigenvalue weighted by molar-refractivity contribution is 6.31. The van der Waals surface area contributed by atoms with Gasteiger partial charge in [-0.05, 0) is 44.1 Å². The van der Waals surface area contributed by atoms with Crippen LogP contribution in [0.15, 0.2) is 0 Å². The number of rotatable bonds is 5. The lowest BCUT2D eigenvalue weighted by Gasteiger charge is -2.24. The van der Waals surface area contributed by atoms with Gasteiger partial charge >= 0.3 is 0 Å². The molecular formula is C15H26ClN3. The van der Waals surface area contributed by atoms with E-state index in [2.05, 4.69) is 31.2 Å². The zero-order valence-electron chi connectivity index (χ0n) is 12.6. The first-order chi connectivity index (χ1) is 8.99. The molecule has 0 aromatic carbocycles. The fourth-order valence-corrected chi connectivity index (χ4v) is 3.72. The van der Waals surface area contributed by atoms with Gasteiger partial charge in [-0.1, -0.05) is 32.4 Å². The highest BCUT2D eigenvalue weighted by Crippen LogP contribution is 2.42. The van der Waals surface area contributed by atoms with E-state index in [1.165, 1.54) is 25.0 Å². The largest absolute Gasteiger partial charge is 0.314 e. The van der Waals surface area contributed by atoms with Gasteiger partial charge < -0.3 is 5.32 Å². The third-order valence-corrected chi connectivity index (χ3v) is 4.86. The minimum atomic E-state index is 0.356. The van der Waals surface area contributed by atoms with Crippen molar-refractivity contribution in [2.75, 3.05) is 6.54 Å². The van der Waals surface area contributed by atoms with E-state index in [9.17, 15) is 0 Å². The van der Waals surface area contributed by atoms with Crippen molar-refractivity contribution in [1.82, 2.24) is 15.1 Å². The van der Waals surface area contributed by atoms with Crippen LogP contribution >= 0.6 is 11.6 Å². The normalized spacial score (nSPS) is 27.1. The van der Waals surface area contributed by atoms with Gasteiger partial charge in [0.15, 0.2) is 0 Å². The van der Waals surface area contributed by atoms with Crippen LogP contribution in [-0.2, 0) is 19.9 Å². The predicted octanol–water partition coefficient (Wildman–Crippen LogP) is 3.35. The molecule has 1 aliphatic rings. The highest BCUT2D eigenvalue weighted by Gasteiger charge is 2.36. The number of nitrogens with one attached hydrogen (secondary N) is 1. The van der Waals surface area contributed by atoms with Crippen molar-refractivity contribution in [3.8, 4) is 0 Å². The monoisotopic (exact) mass is 283 g/mol. The van der Waals surface area contributed by atoms with Crippen LogP contribution in [0.1, 0.15) is 51.4 Å². The smallest absolute Gasteiger partial charge is 0.0849 e. The number of aryl methyl sites for hydroxylation is 2. The molecule has 0 saturated heterocycles. The molecule has 3 nitrogen and oxygen atoms in total. The van der Waals surface area contributed by atoms with Gasteiger partial charge in [-0.25, -0.2) is 0 Å². The van der Waals surface area contributed by atoms with E-state index in [1.807, 2.05) is 11.7 Å². The maximum atomic E-state index is 6.47. The Morgan fingerprint density at radius 1 is 1.47 bits per heavy atom. The molecule has 4 heteroatoms. The maximum absolute atomic E-state index is 6.47. The van der Waals surface area contributed by atoms with Crippen LogP contribution < -0.4 is 5.32 Å². The van der Waals surface area contributed by atoms with Crippen LogP contribution in [0.3, 0.4) is 0 Å². The summed E-state index contributed by atoms with van der Waals surface area (Å²) in [5.41, 5.74) is 2.59. The summed E-state index contributed by atoms with van der Waals surface area (Å²) in [4.78, 5) is 0. The summed E-state index contributed by atoms with van der Waals surface area (Å²) in [7, 11) is 2.01. The quantitative estimate of drug-likeness (QED) is 0.898. The van der Waals surface area contributed by atoms with Gasteiger partial charge in [-0.2, -0.15) is 5.10 Å². The molecular weight excluding hydrogens is 258 g/mol. The predicted molar refractivity (Wildman–Crippen MR) is 80.7 cm³/mol. The molecule has 108 valence electrons. The lowest BCUT2D eigenvalue weighted by molar-refractivity contribution is 0.315. The summed E-state index contributed by atoms with van der Waals surface area (Å²) in [5.74, 6) is 0. The molecule has 1 aromatic rings. The van der Waals surface area contributed by atoms with E-state index in [4.69, 9.17) is 11.6 Å². The molecule has 2 atom stereocenters. The molecule has 2 unspecified atom stereocenters. The molecule has 1 N–H and O–H groups in total. The van der Waals surface area contributed by atoms with Crippen LogP contribution in [-0.4, -0.2) is 22.4 Å². The summed E-state index contributed by atoms with van der Waals surface area (Å²) in [6, 6.07) is 0.674. The van der Waals surface area contributed by atoms with Crippen molar-refractivity contribution < 1.29 is 0 Å². The molecule has 0 spiro atoms. The zero-order valence-corrected chi connectivity index (χ0v) is 13.3. The van der Waals surface area contributed by atoms with Crippen LogP contribution in [0, 0.1) is 5.41 Å². The molecule has 2 rings (SSSR count). The topological polar surface area (TPSA) is 29.9 Å². The van der Waals surface area contributed by atoms with Crippen molar-refractivity contribution >= 4 is 11.6 Å². The number of halogens is 1. The van der Waals surface area contributed by atoms with E-state index in [0.717, 1.165) is 30.1 Å². The van der Waals surface area contributed by atoms with E-state index in [0.29, 0.717) is 11.5 Å². The fraction of sp³-hybridized carbons (Fsp3) is 0.800. The fourth-order valence-electron chi connectivity index (χ4n) is 3.36. The SMILES string of the molecule is CCNC1CCC(C)(Cc2c(Cl)c(CC)nn2C)C1. The molecule has 0 aliphatic heterocycles. The first-order valence-electron chi connectivity index (χ1n) is 7.42. The summed E-state index contributed by atoms with van der Waals surface area (Å²) in [5, 5.41) is 8.99. The first kappa shape index (κ1) is 14.9. The standard InChI is InChI=1S/C15H26ClN3/c1-5-12-14(16)13(19(4)18-12)10-15(3)8-7-11(9-15)17-6-2/h11,17H,5-10H2,1-4H3. The average molecular weight is 284 g/mol. The van der Waals surface area contributed by atoms with Gasteiger partial charge in [0, 0.05) is 13.1 Å². The summed E-state index contributed by atoms with van der Waals surface area (Å²) in [6.45, 7) is 7.74. The lowest BCUT2D eigenvalue weighted by Crippen LogP contribution is -2.28. The number of hydrogen-bond donors (Lipinski definition) is 1. The Bertz CT molecular complexity index is 441. The minimum Gasteiger partial charge on any atom is -0.314 e. The van der Waals surface area contributed by atoms with Crippen molar-refractivity contribution in [1.29, 1.82) is 0 Å². The maximum Gasteiger partial charge on any atom is 0.0849 e. The lowest BCUT2D eigenvalue weighted by atomic mass is 9.83. The van der Waals surface area contributed by atoms with Crippen LogP contribution in [0.5, 0.6) is 0 Å². The highest BCUT2D eigenvalue weighted by atomic mass is 35.5. The van der Waals surface area contributed by atoms with E-state index in [-0.39, 0.29) is 0 Å². The van der Waals surface area contributed by atoms with Crippen molar-refractivity contribution in [3.05, 3.63) is 16.4 Å². The average Bonchev–Trinajstić information content (AvgIpc) is 2.85. The Morgan fingerprint density at radius 3 is 2.79 bits per heavy atom. The molecule has 1 heterocycles. The van der Waals surface area contributed by atoms with Gasteiger partial charge in [0.25, 0.3) is 0 Å². The van der Waals surface area contributed by atoms with Crippen LogP contribution in [0.25, 0.3) is 0 Å². The van der Waals surface area contributed by atoms with E-state index < -0.39 is 0 Å². The Balaban J connectivity index is 2.11. The van der Waals surface area contributed by atoms with Crippen molar-refractivity contribution in [3.63, 3.8) is 0 Å². The molecule has 1 aliphatic carbocycles. The first-order valence-corrected chi connectivity index (χ1v) is 7.80. The molecule has 1 saturated carbocycles. The molecule has 0 amide bonds. The Hall–Kier alpha value is -0.540. The van der Waals surface area contributed by atoms with Crippen LogP contribution in [0.4, 0.5) is 0 Å². The minimum absolute atomic E-state index is 0.356. The van der Waals surface area contributed by atoms with E-state index >= 15 is 0 Å². The number of nitrogens with zero attached hydrogens (tertiary/aromatic N) is 2. The van der Waals surface area contributed by atoms with Gasteiger partial charge in [0.1, 0.15) is 0 Å². The summed E-state index contributed by atoms with van der Waals surface area (Å²) >= 11 is 6.47. The second-order valence-electron chi connectivity index (χ2n) is 6.17. The van der Waals surface area contributed by atoms with Crippen LogP contribution in [0.2, 0.25) is 5.02 Å². The van der Waals surface area contributed by atoms with Gasteiger partial charge in [-0.3, -0.25) is 4.68 Å². The third-order valence-electron chi connectivity index (χ3n) is 4.43. The van der Waals surface area contributed by atoms with Gasteiger partial charge in [0.05, 0.1) is 16.4 Å². The summed E-state index contributed by atoms with van der Waals surface area (Å²) < 4.78 is 1.98. The Labute approximate surface area is 121 Å². The zero-order chi connectivity index (χ0) is 14.0. The third kappa shape index (κ3) is 3.14. The second kappa shape index (κ2) is 5.84. The number of hydrogen-bond acceptors (Lipinski definition) is 2. The molecule has 1 fully saturated rings. The van der Waals surface area contributed by atoms with Gasteiger partial charge in [-0.15, -0.1) is 0 Å². The molecule has 19 heavy (non-hydrogen) atoms. The van der Waals surface area contributed by atoms with Crippen molar-refractivity contribution in [2.24, 2.45) is 12.5 Å². The second-order valence-corrected chi connectivity index (χ2v) is 6.55. The van der Waals surface area contributed by atoms with E-state index in [1.54, 1.807) is 0 Å². The van der Waals surface area contributed by atoms with Crippen molar-refractivity contribution in [2.45, 2.75) is 58.9 Å². The Kier molecular flexibility index (Phi) is 4.57. The molecule has 0 bridgehead atoms. The summed E-state index contributed by atoms with van der Waals surface area (Å²) in [6.07, 6.45) is 5.73. The number of aromatic nitrogens is 2. The van der Waals surface area contributed by atoms with Gasteiger partial charge in [0.2, 0.25) is 0 Å². The molecule has 1 aromatic heterocycles. The Morgan fingerprint density at radius 2 is 2.21 bits per heavy atom. The molecule has 0 radical (unpaired) electrons.